The van der Waals surface area contributed by atoms with Crippen LogP contribution in [0, 0.1) is 28.6 Å². The summed E-state index contributed by atoms with van der Waals surface area (Å²) in [7, 11) is 0. The fourth-order valence-electron chi connectivity index (χ4n) is 7.95. The van der Waals surface area contributed by atoms with Crippen LogP contribution in [0.2, 0.25) is 0 Å². The standard InChI is InChI=1S/C23H32O6/c1-20-7-16(15-6-19(26)29-12-15)9-23(20,28)8-14-2-5-22(27)10-17(25)3-4-21(22,13-24)18(14)11-20/h6,13-14,16-18,25,27-28H,2-5,7-12H2,1H3/t14-,16+,17+,18-,20-,21+,22+,23-/m0/s1. The van der Waals surface area contributed by atoms with E-state index in [0.29, 0.717) is 45.1 Å². The molecule has 4 fully saturated rings. The Morgan fingerprint density at radius 1 is 1.07 bits per heavy atom. The highest BCUT2D eigenvalue weighted by atomic mass is 16.5. The molecule has 0 amide bonds. The van der Waals surface area contributed by atoms with Gasteiger partial charge in [0.05, 0.1) is 22.7 Å². The average molecular weight is 405 g/mol. The van der Waals surface area contributed by atoms with Crippen molar-refractivity contribution < 1.29 is 29.6 Å². The third-order valence-corrected chi connectivity index (χ3v) is 9.58. The molecule has 4 saturated carbocycles. The number of carbonyl (C=O) groups excluding carboxylic acids is 2. The lowest BCUT2D eigenvalue weighted by atomic mass is 9.43. The third-order valence-electron chi connectivity index (χ3n) is 9.58. The maximum Gasteiger partial charge on any atom is 0.331 e. The van der Waals surface area contributed by atoms with Crippen molar-refractivity contribution in [3.63, 3.8) is 0 Å². The van der Waals surface area contributed by atoms with Gasteiger partial charge in [-0.3, -0.25) is 0 Å². The zero-order valence-electron chi connectivity index (χ0n) is 17.1. The van der Waals surface area contributed by atoms with Crippen molar-refractivity contribution in [3.05, 3.63) is 11.6 Å². The number of rotatable bonds is 2. The monoisotopic (exact) mass is 404 g/mol. The Bertz CT molecular complexity index is 777. The van der Waals surface area contributed by atoms with Gasteiger partial charge in [-0.2, -0.15) is 0 Å². The van der Waals surface area contributed by atoms with Crippen LogP contribution in [0.5, 0.6) is 0 Å². The molecule has 8 atom stereocenters. The van der Waals surface area contributed by atoms with E-state index in [9.17, 15) is 24.9 Å². The number of aliphatic hydroxyl groups is 3. The molecule has 0 unspecified atom stereocenters. The van der Waals surface area contributed by atoms with Crippen LogP contribution >= 0.6 is 0 Å². The Morgan fingerprint density at radius 2 is 1.86 bits per heavy atom. The molecule has 0 radical (unpaired) electrons. The summed E-state index contributed by atoms with van der Waals surface area (Å²) in [5.74, 6) is 0.0379. The smallest absolute Gasteiger partial charge is 0.331 e. The fraction of sp³-hybridized carbons (Fsp3) is 0.826. The molecule has 6 heteroatoms. The summed E-state index contributed by atoms with van der Waals surface area (Å²) in [6.45, 7) is 2.43. The molecule has 3 N–H and O–H groups in total. The van der Waals surface area contributed by atoms with Gasteiger partial charge in [-0.25, -0.2) is 4.79 Å². The number of cyclic esters (lactones) is 1. The maximum atomic E-state index is 12.5. The molecule has 5 rings (SSSR count). The normalized spacial score (nSPS) is 54.1. The fourth-order valence-corrected chi connectivity index (χ4v) is 7.95. The quantitative estimate of drug-likeness (QED) is 0.480. The predicted octanol–water partition coefficient (Wildman–Crippen LogP) is 1.90. The summed E-state index contributed by atoms with van der Waals surface area (Å²) in [5, 5.41) is 33.4. The first-order valence-electron chi connectivity index (χ1n) is 11.1. The lowest BCUT2D eigenvalue weighted by molar-refractivity contribution is -0.229. The van der Waals surface area contributed by atoms with Crippen LogP contribution in [0.25, 0.3) is 0 Å². The highest BCUT2D eigenvalue weighted by Crippen LogP contribution is 2.68. The van der Waals surface area contributed by atoms with E-state index in [1.54, 1.807) is 6.08 Å². The number of aliphatic hydroxyl groups excluding tert-OH is 1. The predicted molar refractivity (Wildman–Crippen MR) is 104 cm³/mol. The van der Waals surface area contributed by atoms with Crippen LogP contribution in [-0.4, -0.2) is 51.5 Å². The van der Waals surface area contributed by atoms with E-state index in [4.69, 9.17) is 4.74 Å². The Morgan fingerprint density at radius 3 is 2.55 bits per heavy atom. The number of ether oxygens (including phenoxy) is 1. The highest BCUT2D eigenvalue weighted by Gasteiger charge is 2.68. The first-order chi connectivity index (χ1) is 13.6. The van der Waals surface area contributed by atoms with E-state index in [1.807, 2.05) is 0 Å². The molecule has 6 nitrogen and oxygen atoms in total. The van der Waals surface area contributed by atoms with Crippen LogP contribution in [0.15, 0.2) is 11.6 Å². The summed E-state index contributed by atoms with van der Waals surface area (Å²) in [4.78, 5) is 24.0. The topological polar surface area (TPSA) is 104 Å². The van der Waals surface area contributed by atoms with Gasteiger partial charge in [0.25, 0.3) is 0 Å². The van der Waals surface area contributed by atoms with Crippen molar-refractivity contribution in [3.8, 4) is 0 Å². The summed E-state index contributed by atoms with van der Waals surface area (Å²) in [5.41, 5.74) is -2.19. The van der Waals surface area contributed by atoms with E-state index >= 15 is 0 Å². The lowest BCUT2D eigenvalue weighted by Gasteiger charge is -2.63. The number of hydrogen-bond acceptors (Lipinski definition) is 6. The molecule has 0 aromatic carbocycles. The average Bonchev–Trinajstić information content (AvgIpc) is 3.20. The van der Waals surface area contributed by atoms with Crippen LogP contribution in [0.1, 0.15) is 64.7 Å². The van der Waals surface area contributed by atoms with E-state index in [2.05, 4.69) is 6.92 Å². The molecular weight excluding hydrogens is 372 g/mol. The van der Waals surface area contributed by atoms with Crippen LogP contribution in [0.4, 0.5) is 0 Å². The molecule has 160 valence electrons. The van der Waals surface area contributed by atoms with Gasteiger partial charge in [0.2, 0.25) is 0 Å². The Balaban J connectivity index is 1.48. The number of esters is 1. The zero-order valence-corrected chi connectivity index (χ0v) is 17.1. The molecule has 0 bridgehead atoms. The minimum Gasteiger partial charge on any atom is -0.458 e. The summed E-state index contributed by atoms with van der Waals surface area (Å²) >= 11 is 0. The summed E-state index contributed by atoms with van der Waals surface area (Å²) in [6, 6.07) is 0. The van der Waals surface area contributed by atoms with Crippen LogP contribution in [-0.2, 0) is 14.3 Å². The van der Waals surface area contributed by atoms with Crippen molar-refractivity contribution in [2.45, 2.75) is 82.0 Å². The molecule has 1 heterocycles. The van der Waals surface area contributed by atoms with Crippen LogP contribution < -0.4 is 0 Å². The largest absolute Gasteiger partial charge is 0.458 e. The van der Waals surface area contributed by atoms with Gasteiger partial charge in [-0.05, 0) is 80.1 Å². The minimum absolute atomic E-state index is 0.0192. The van der Waals surface area contributed by atoms with Gasteiger partial charge in [-0.15, -0.1) is 0 Å². The van der Waals surface area contributed by atoms with Crippen molar-refractivity contribution in [1.82, 2.24) is 0 Å². The molecule has 5 aliphatic rings. The highest BCUT2D eigenvalue weighted by molar-refractivity contribution is 5.85. The first-order valence-corrected chi connectivity index (χ1v) is 11.1. The molecule has 0 aromatic rings. The molecule has 0 spiro atoms. The summed E-state index contributed by atoms with van der Waals surface area (Å²) in [6.07, 6.45) is 7.36. The number of fused-ring (bicyclic) bond motifs is 4. The van der Waals surface area contributed by atoms with Gasteiger partial charge < -0.3 is 24.9 Å². The van der Waals surface area contributed by atoms with Gasteiger partial charge in [0.15, 0.2) is 0 Å². The maximum absolute atomic E-state index is 12.5. The Hall–Kier alpha value is -1.24. The molecule has 0 saturated heterocycles. The third kappa shape index (κ3) is 2.58. The second kappa shape index (κ2) is 6.14. The van der Waals surface area contributed by atoms with Gasteiger partial charge >= 0.3 is 5.97 Å². The van der Waals surface area contributed by atoms with Crippen LogP contribution in [0.3, 0.4) is 0 Å². The Labute approximate surface area is 171 Å². The summed E-state index contributed by atoms with van der Waals surface area (Å²) < 4.78 is 5.10. The van der Waals surface area contributed by atoms with Crippen molar-refractivity contribution >= 4 is 12.3 Å². The van der Waals surface area contributed by atoms with Crippen molar-refractivity contribution in [2.75, 3.05) is 6.61 Å². The minimum atomic E-state index is -1.15. The molecule has 4 aliphatic carbocycles. The Kier molecular flexibility index (Phi) is 4.18. The van der Waals surface area contributed by atoms with E-state index in [0.717, 1.165) is 24.7 Å². The van der Waals surface area contributed by atoms with Crippen molar-refractivity contribution in [1.29, 1.82) is 0 Å². The zero-order chi connectivity index (χ0) is 20.7. The first kappa shape index (κ1) is 19.7. The SMILES string of the molecule is C[C@@]12C[C@@H](C3=CC(=O)OC3)C[C@@]1(O)C[C@@H]1CC[C@@]3(O)C[C@H](O)CC[C@@]3(C=O)[C@H]1C2. The number of carbonyl (C=O) groups is 2. The molecular formula is C23H32O6. The lowest BCUT2D eigenvalue weighted by Crippen LogP contribution is -2.66. The number of hydrogen-bond donors (Lipinski definition) is 3. The van der Waals surface area contributed by atoms with E-state index in [1.165, 1.54) is 0 Å². The van der Waals surface area contributed by atoms with Gasteiger partial charge in [-0.1, -0.05) is 6.92 Å². The molecule has 29 heavy (non-hydrogen) atoms. The second-order valence-electron chi connectivity index (χ2n) is 10.9. The van der Waals surface area contributed by atoms with E-state index < -0.39 is 22.7 Å². The van der Waals surface area contributed by atoms with Gasteiger partial charge in [0.1, 0.15) is 12.9 Å². The second-order valence-corrected chi connectivity index (χ2v) is 10.9. The van der Waals surface area contributed by atoms with Gasteiger partial charge in [0, 0.05) is 12.5 Å². The molecule has 1 aliphatic heterocycles. The van der Waals surface area contributed by atoms with Crippen molar-refractivity contribution in [2.24, 2.45) is 28.6 Å². The van der Waals surface area contributed by atoms with E-state index in [-0.39, 0.29) is 35.6 Å². The molecule has 0 aromatic heterocycles. The number of aldehydes is 1.